The monoisotopic (exact) mass is 316 g/mol. The van der Waals surface area contributed by atoms with Crippen LogP contribution in [0.1, 0.15) is 38.3 Å². The molecule has 1 atom stereocenters. The van der Waals surface area contributed by atoms with Crippen LogP contribution in [0.2, 0.25) is 0 Å². The lowest BCUT2D eigenvalue weighted by Crippen LogP contribution is -2.52. The van der Waals surface area contributed by atoms with E-state index in [0.29, 0.717) is 23.5 Å². The van der Waals surface area contributed by atoms with E-state index in [9.17, 15) is 12.8 Å². The van der Waals surface area contributed by atoms with E-state index >= 15 is 0 Å². The molecule has 0 saturated carbocycles. The Kier molecular flexibility index (Phi) is 5.52. The van der Waals surface area contributed by atoms with Crippen LogP contribution >= 0.6 is 0 Å². The zero-order valence-corrected chi connectivity index (χ0v) is 14.1. The molecule has 0 bridgehead atoms. The van der Waals surface area contributed by atoms with E-state index in [4.69, 9.17) is 5.73 Å². The normalized spacial score (nSPS) is 15.2. The van der Waals surface area contributed by atoms with Crippen molar-refractivity contribution in [2.75, 3.05) is 6.54 Å². The lowest BCUT2D eigenvalue weighted by Gasteiger charge is -2.31. The molecule has 1 aromatic rings. The fraction of sp³-hybridized carbons (Fsp3) is 0.600. The Labute approximate surface area is 127 Å². The molecule has 4 nitrogen and oxygen atoms in total. The van der Waals surface area contributed by atoms with Crippen LogP contribution in [-0.2, 0) is 10.0 Å². The topological polar surface area (TPSA) is 72.2 Å². The highest BCUT2D eigenvalue weighted by Crippen LogP contribution is 2.24. The van der Waals surface area contributed by atoms with Gasteiger partial charge in [0.25, 0.3) is 0 Å². The fourth-order valence-electron chi connectivity index (χ4n) is 2.76. The van der Waals surface area contributed by atoms with Crippen molar-refractivity contribution in [1.29, 1.82) is 0 Å². The summed E-state index contributed by atoms with van der Waals surface area (Å²) in [5.74, 6) is -0.135. The van der Waals surface area contributed by atoms with E-state index in [1.54, 1.807) is 20.8 Å². The van der Waals surface area contributed by atoms with Crippen molar-refractivity contribution in [3.63, 3.8) is 0 Å². The Morgan fingerprint density at radius 1 is 1.29 bits per heavy atom. The molecule has 3 N–H and O–H groups in total. The minimum Gasteiger partial charge on any atom is -0.329 e. The number of aryl methyl sites for hydroxylation is 2. The summed E-state index contributed by atoms with van der Waals surface area (Å²) in [6, 6.07) is 2.45. The predicted octanol–water partition coefficient (Wildman–Crippen LogP) is 2.48. The Morgan fingerprint density at radius 2 is 1.76 bits per heavy atom. The molecule has 0 aromatic heterocycles. The van der Waals surface area contributed by atoms with Crippen LogP contribution in [0.3, 0.4) is 0 Å². The number of nitrogens with one attached hydrogen (secondary N) is 1. The summed E-state index contributed by atoms with van der Waals surface area (Å²) in [7, 11) is -3.75. The van der Waals surface area contributed by atoms with Crippen molar-refractivity contribution in [1.82, 2.24) is 4.72 Å². The highest BCUT2D eigenvalue weighted by molar-refractivity contribution is 7.89. The first-order valence-electron chi connectivity index (χ1n) is 7.01. The van der Waals surface area contributed by atoms with Gasteiger partial charge < -0.3 is 5.73 Å². The lowest BCUT2D eigenvalue weighted by atomic mass is 9.92. The summed E-state index contributed by atoms with van der Waals surface area (Å²) in [5.41, 5.74) is 5.82. The van der Waals surface area contributed by atoms with Gasteiger partial charge in [-0.15, -0.1) is 0 Å². The lowest BCUT2D eigenvalue weighted by molar-refractivity contribution is 0.344. The minimum absolute atomic E-state index is 0.132. The predicted molar refractivity (Wildman–Crippen MR) is 83.1 cm³/mol. The number of nitrogens with two attached hydrogens (primary N) is 1. The molecule has 1 aromatic carbocycles. The summed E-state index contributed by atoms with van der Waals surface area (Å²) in [6.45, 7) is 9.19. The molecule has 0 radical (unpaired) electrons. The molecule has 0 aliphatic rings. The van der Waals surface area contributed by atoms with Gasteiger partial charge in [-0.1, -0.05) is 13.8 Å². The van der Waals surface area contributed by atoms with Crippen LogP contribution < -0.4 is 10.5 Å². The average molecular weight is 316 g/mol. The molecule has 0 amide bonds. The Balaban J connectivity index is 3.24. The Bertz CT molecular complexity index is 591. The molecule has 0 heterocycles. The quantitative estimate of drug-likeness (QED) is 0.847. The SMILES string of the molecule is Cc1cc(F)cc(C)c1S(=O)(=O)NC(C)(CN)CC(C)C. The van der Waals surface area contributed by atoms with Crippen molar-refractivity contribution in [3.05, 3.63) is 29.1 Å². The zero-order valence-electron chi connectivity index (χ0n) is 13.3. The van der Waals surface area contributed by atoms with E-state index in [2.05, 4.69) is 4.72 Å². The summed E-state index contributed by atoms with van der Waals surface area (Å²) in [6.07, 6.45) is 0.627. The van der Waals surface area contributed by atoms with Gasteiger partial charge in [0.15, 0.2) is 0 Å². The van der Waals surface area contributed by atoms with E-state index in [1.165, 1.54) is 12.1 Å². The molecular formula is C15H25FN2O2S. The number of rotatable bonds is 6. The number of benzene rings is 1. The van der Waals surface area contributed by atoms with Gasteiger partial charge in [-0.3, -0.25) is 0 Å². The van der Waals surface area contributed by atoms with Crippen LogP contribution in [-0.4, -0.2) is 20.5 Å². The molecular weight excluding hydrogens is 291 g/mol. The third-order valence-corrected chi connectivity index (χ3v) is 5.33. The summed E-state index contributed by atoms with van der Waals surface area (Å²) < 4.78 is 41.3. The molecule has 0 spiro atoms. The summed E-state index contributed by atoms with van der Waals surface area (Å²) >= 11 is 0. The van der Waals surface area contributed by atoms with E-state index in [1.807, 2.05) is 13.8 Å². The zero-order chi connectivity index (χ0) is 16.4. The van der Waals surface area contributed by atoms with Crippen LogP contribution in [0.25, 0.3) is 0 Å². The summed E-state index contributed by atoms with van der Waals surface area (Å²) in [5, 5.41) is 0. The molecule has 0 fully saturated rings. The van der Waals surface area contributed by atoms with Gasteiger partial charge in [0, 0.05) is 12.1 Å². The molecule has 1 unspecified atom stereocenters. The van der Waals surface area contributed by atoms with Crippen LogP contribution in [0.5, 0.6) is 0 Å². The van der Waals surface area contributed by atoms with Crippen LogP contribution in [0.4, 0.5) is 4.39 Å². The van der Waals surface area contributed by atoms with Gasteiger partial charge in [-0.25, -0.2) is 17.5 Å². The smallest absolute Gasteiger partial charge is 0.241 e. The largest absolute Gasteiger partial charge is 0.329 e. The van der Waals surface area contributed by atoms with E-state index in [0.717, 1.165) is 0 Å². The maximum Gasteiger partial charge on any atom is 0.241 e. The third kappa shape index (κ3) is 4.49. The molecule has 21 heavy (non-hydrogen) atoms. The van der Waals surface area contributed by atoms with Gasteiger partial charge >= 0.3 is 0 Å². The highest BCUT2D eigenvalue weighted by Gasteiger charge is 2.31. The first-order valence-corrected chi connectivity index (χ1v) is 8.50. The molecule has 120 valence electrons. The average Bonchev–Trinajstić information content (AvgIpc) is 2.24. The Hall–Kier alpha value is -0.980. The molecule has 0 aliphatic carbocycles. The van der Waals surface area contributed by atoms with Crippen molar-refractivity contribution in [2.24, 2.45) is 11.7 Å². The molecule has 0 saturated heterocycles. The number of sulfonamides is 1. The fourth-order valence-corrected chi connectivity index (χ4v) is 4.65. The van der Waals surface area contributed by atoms with Crippen molar-refractivity contribution >= 4 is 10.0 Å². The number of hydrogen-bond acceptors (Lipinski definition) is 3. The summed E-state index contributed by atoms with van der Waals surface area (Å²) in [4.78, 5) is 0.132. The van der Waals surface area contributed by atoms with Gasteiger partial charge in [0.1, 0.15) is 5.82 Å². The second-order valence-corrected chi connectivity index (χ2v) is 7.96. The van der Waals surface area contributed by atoms with Gasteiger partial charge in [0.2, 0.25) is 10.0 Å². The van der Waals surface area contributed by atoms with Crippen LogP contribution in [0.15, 0.2) is 17.0 Å². The second kappa shape index (κ2) is 6.42. The van der Waals surface area contributed by atoms with Crippen LogP contribution in [0, 0.1) is 25.6 Å². The van der Waals surface area contributed by atoms with Crippen molar-refractivity contribution in [2.45, 2.75) is 51.5 Å². The first-order chi connectivity index (χ1) is 9.50. The van der Waals surface area contributed by atoms with E-state index < -0.39 is 21.4 Å². The Morgan fingerprint density at radius 3 is 2.14 bits per heavy atom. The van der Waals surface area contributed by atoms with Gasteiger partial charge in [-0.2, -0.15) is 0 Å². The molecule has 1 rings (SSSR count). The maximum absolute atomic E-state index is 13.3. The van der Waals surface area contributed by atoms with Crippen molar-refractivity contribution in [3.8, 4) is 0 Å². The first kappa shape index (κ1) is 18.1. The second-order valence-electron chi connectivity index (χ2n) is 6.34. The number of hydrogen-bond donors (Lipinski definition) is 2. The standard InChI is InChI=1S/C15H25FN2O2S/c1-10(2)8-15(5,9-17)18-21(19,20)14-11(3)6-13(16)7-12(14)4/h6-7,10,18H,8-9,17H2,1-5H3. The minimum atomic E-state index is -3.75. The molecule has 6 heteroatoms. The third-order valence-electron chi connectivity index (χ3n) is 3.38. The maximum atomic E-state index is 13.3. The van der Waals surface area contributed by atoms with E-state index in [-0.39, 0.29) is 11.4 Å². The molecule has 0 aliphatic heterocycles. The van der Waals surface area contributed by atoms with Gasteiger partial charge in [0.05, 0.1) is 4.90 Å². The van der Waals surface area contributed by atoms with Crippen molar-refractivity contribution < 1.29 is 12.8 Å². The highest BCUT2D eigenvalue weighted by atomic mass is 32.2. The number of halogens is 1. The van der Waals surface area contributed by atoms with Gasteiger partial charge in [-0.05, 0) is 56.4 Å².